The Bertz CT molecular complexity index is 998. The van der Waals surface area contributed by atoms with Gasteiger partial charge in [-0.2, -0.15) is 0 Å². The molecule has 0 aliphatic carbocycles. The zero-order chi connectivity index (χ0) is 23.1. The number of hydrogen-bond donors (Lipinski definition) is 4. The Kier molecular flexibility index (Phi) is 8.47. The van der Waals surface area contributed by atoms with Crippen LogP contribution in [0.2, 0.25) is 0 Å². The number of carbonyl (C=O) groups is 1. The van der Waals surface area contributed by atoms with Gasteiger partial charge in [0.25, 0.3) is 0 Å². The van der Waals surface area contributed by atoms with Crippen molar-refractivity contribution in [1.82, 2.24) is 4.72 Å². The molecular weight excluding hydrogens is 412 g/mol. The molecule has 0 atom stereocenters. The number of anilines is 3. The number of amides is 1. The Labute approximate surface area is 186 Å². The molecule has 2 aromatic rings. The van der Waals surface area contributed by atoms with Crippen LogP contribution in [0, 0.1) is 13.8 Å². The summed E-state index contributed by atoms with van der Waals surface area (Å²) in [6.45, 7) is 9.28. The Morgan fingerprint density at radius 2 is 1.61 bits per heavy atom. The minimum atomic E-state index is -3.34. The third kappa shape index (κ3) is 7.56. The molecule has 170 valence electrons. The molecule has 8 heteroatoms. The number of unbranched alkanes of at least 4 members (excludes halogenated alkanes) is 1. The van der Waals surface area contributed by atoms with Crippen molar-refractivity contribution in [2.24, 2.45) is 0 Å². The highest BCUT2D eigenvalue weighted by atomic mass is 32.2. The summed E-state index contributed by atoms with van der Waals surface area (Å²) in [7, 11) is -3.34. The minimum Gasteiger partial charge on any atom is -0.326 e. The van der Waals surface area contributed by atoms with E-state index >= 15 is 0 Å². The Morgan fingerprint density at radius 1 is 0.903 bits per heavy atom. The van der Waals surface area contributed by atoms with Crippen molar-refractivity contribution in [2.75, 3.05) is 22.7 Å². The van der Waals surface area contributed by atoms with Crippen molar-refractivity contribution in [3.05, 3.63) is 53.6 Å². The summed E-state index contributed by atoms with van der Waals surface area (Å²) in [5.74, 6) is -0.0828. The predicted octanol–water partition coefficient (Wildman–Crippen LogP) is 4.57. The van der Waals surface area contributed by atoms with Gasteiger partial charge >= 0.3 is 0 Å². The normalized spacial score (nSPS) is 11.8. The first-order chi connectivity index (χ1) is 14.5. The number of hydrazine groups is 1. The summed E-state index contributed by atoms with van der Waals surface area (Å²) in [6.07, 6.45) is 1.55. The summed E-state index contributed by atoms with van der Waals surface area (Å²) in [5.41, 5.74) is 11.1. The molecule has 0 saturated carbocycles. The molecule has 0 radical (unpaired) electrons. The third-order valence-electron chi connectivity index (χ3n) is 4.92. The molecule has 0 heterocycles. The number of carbonyl (C=O) groups excluding carboxylic acids is 1. The zero-order valence-electron chi connectivity index (χ0n) is 19.0. The largest absolute Gasteiger partial charge is 0.326 e. The average Bonchev–Trinajstić information content (AvgIpc) is 2.68. The second-order valence-corrected chi connectivity index (χ2v) is 11.1. The fourth-order valence-corrected chi connectivity index (χ4v) is 3.63. The van der Waals surface area contributed by atoms with E-state index in [1.54, 1.807) is 20.8 Å². The first-order valence-electron chi connectivity index (χ1n) is 10.5. The minimum absolute atomic E-state index is 0.0828. The van der Waals surface area contributed by atoms with Crippen molar-refractivity contribution < 1.29 is 13.2 Å². The highest BCUT2D eigenvalue weighted by Gasteiger charge is 2.27. The van der Waals surface area contributed by atoms with Crippen molar-refractivity contribution >= 4 is 33.0 Å². The first kappa shape index (κ1) is 24.7. The quantitative estimate of drug-likeness (QED) is 0.316. The van der Waals surface area contributed by atoms with Gasteiger partial charge in [-0.1, -0.05) is 18.2 Å². The van der Waals surface area contributed by atoms with Crippen LogP contribution in [0.5, 0.6) is 0 Å². The summed E-state index contributed by atoms with van der Waals surface area (Å²) in [6, 6.07) is 13.7. The Balaban J connectivity index is 1.77. The van der Waals surface area contributed by atoms with E-state index in [1.807, 2.05) is 56.3 Å². The van der Waals surface area contributed by atoms with Gasteiger partial charge in [-0.25, -0.2) is 13.1 Å². The molecule has 2 rings (SSSR count). The van der Waals surface area contributed by atoms with E-state index in [0.717, 1.165) is 28.2 Å². The predicted molar refractivity (Wildman–Crippen MR) is 129 cm³/mol. The molecule has 0 bridgehead atoms. The van der Waals surface area contributed by atoms with Crippen LogP contribution in [0.25, 0.3) is 0 Å². The van der Waals surface area contributed by atoms with Crippen LogP contribution in [0.1, 0.15) is 51.2 Å². The monoisotopic (exact) mass is 446 g/mol. The van der Waals surface area contributed by atoms with E-state index in [4.69, 9.17) is 0 Å². The number of rotatable bonds is 10. The van der Waals surface area contributed by atoms with Crippen LogP contribution in [0.4, 0.5) is 17.1 Å². The highest BCUT2D eigenvalue weighted by Crippen LogP contribution is 2.21. The van der Waals surface area contributed by atoms with Crippen molar-refractivity contribution in [3.63, 3.8) is 0 Å². The van der Waals surface area contributed by atoms with E-state index in [2.05, 4.69) is 20.9 Å². The van der Waals surface area contributed by atoms with E-state index in [1.165, 1.54) is 0 Å². The van der Waals surface area contributed by atoms with Crippen LogP contribution < -0.4 is 20.9 Å². The molecule has 0 aliphatic heterocycles. The topological polar surface area (TPSA) is 99.3 Å². The molecule has 7 nitrogen and oxygen atoms in total. The number of para-hydroxylation sites is 1. The molecule has 0 aliphatic rings. The van der Waals surface area contributed by atoms with E-state index in [-0.39, 0.29) is 5.91 Å². The van der Waals surface area contributed by atoms with Gasteiger partial charge in [-0.3, -0.25) is 4.79 Å². The smallest absolute Gasteiger partial charge is 0.224 e. The maximum Gasteiger partial charge on any atom is 0.224 e. The first-order valence-corrected chi connectivity index (χ1v) is 12.0. The van der Waals surface area contributed by atoms with Gasteiger partial charge in [-0.15, -0.1) is 0 Å². The molecule has 1 amide bonds. The molecule has 0 unspecified atom stereocenters. The highest BCUT2D eigenvalue weighted by molar-refractivity contribution is 7.90. The van der Waals surface area contributed by atoms with Gasteiger partial charge in [-0.05, 0) is 82.9 Å². The lowest BCUT2D eigenvalue weighted by Crippen LogP contribution is -2.39. The summed E-state index contributed by atoms with van der Waals surface area (Å²) < 4.78 is 25.8. The van der Waals surface area contributed by atoms with Gasteiger partial charge in [0.1, 0.15) is 0 Å². The zero-order valence-corrected chi connectivity index (χ0v) is 19.8. The number of benzene rings is 2. The number of hydrogen-bond acceptors (Lipinski definition) is 5. The lowest BCUT2D eigenvalue weighted by Gasteiger charge is -2.19. The second kappa shape index (κ2) is 10.6. The molecule has 0 aromatic heterocycles. The molecule has 0 spiro atoms. The summed E-state index contributed by atoms with van der Waals surface area (Å²) in [4.78, 5) is 12.2. The van der Waals surface area contributed by atoms with Gasteiger partial charge in [0.15, 0.2) is 0 Å². The summed E-state index contributed by atoms with van der Waals surface area (Å²) in [5, 5.41) is 2.93. The van der Waals surface area contributed by atoms with Crippen LogP contribution in [0.3, 0.4) is 0 Å². The Morgan fingerprint density at radius 3 is 2.26 bits per heavy atom. The number of sulfonamides is 1. The molecule has 0 saturated heterocycles. The third-order valence-corrected chi connectivity index (χ3v) is 7.11. The number of nitrogens with one attached hydrogen (secondary N) is 4. The van der Waals surface area contributed by atoms with Gasteiger partial charge in [0.2, 0.25) is 15.9 Å². The van der Waals surface area contributed by atoms with Crippen molar-refractivity contribution in [2.45, 2.75) is 58.6 Å². The SMILES string of the molecule is Cc1ccccc1NNc1ccc(NC(=O)CCCCNS(=O)(=O)C(C)(C)C)c(C)c1. The maximum absolute atomic E-state index is 12.2. The standard InChI is InChI=1S/C23H34N4O3S/c1-17-10-6-7-11-21(17)27-26-19-13-14-20(18(2)16-19)25-22(28)12-8-9-15-24-31(29,30)23(3,4)5/h6-7,10-11,13-14,16,24,26-27H,8-9,12,15H2,1-5H3,(H,25,28). The van der Waals surface area contributed by atoms with E-state index < -0.39 is 14.8 Å². The van der Waals surface area contributed by atoms with Gasteiger partial charge in [0, 0.05) is 18.7 Å². The Hall–Kier alpha value is -2.58. The fourth-order valence-electron chi connectivity index (χ4n) is 2.78. The average molecular weight is 447 g/mol. The van der Waals surface area contributed by atoms with Crippen LogP contribution in [-0.4, -0.2) is 25.6 Å². The van der Waals surface area contributed by atoms with Crippen LogP contribution in [0.15, 0.2) is 42.5 Å². The van der Waals surface area contributed by atoms with E-state index in [0.29, 0.717) is 25.8 Å². The van der Waals surface area contributed by atoms with Crippen LogP contribution in [-0.2, 0) is 14.8 Å². The molecule has 2 aromatic carbocycles. The van der Waals surface area contributed by atoms with Gasteiger partial charge < -0.3 is 16.2 Å². The summed E-state index contributed by atoms with van der Waals surface area (Å²) >= 11 is 0. The molecule has 0 fully saturated rings. The number of aryl methyl sites for hydroxylation is 2. The van der Waals surface area contributed by atoms with Crippen molar-refractivity contribution in [1.29, 1.82) is 0 Å². The second-order valence-electron chi connectivity index (χ2n) is 8.61. The van der Waals surface area contributed by atoms with E-state index in [9.17, 15) is 13.2 Å². The maximum atomic E-state index is 12.2. The lowest BCUT2D eigenvalue weighted by molar-refractivity contribution is -0.116. The van der Waals surface area contributed by atoms with Crippen LogP contribution >= 0.6 is 0 Å². The molecule has 31 heavy (non-hydrogen) atoms. The van der Waals surface area contributed by atoms with Crippen molar-refractivity contribution in [3.8, 4) is 0 Å². The lowest BCUT2D eigenvalue weighted by atomic mass is 10.1. The molecule has 4 N–H and O–H groups in total. The molecular formula is C23H34N4O3S. The van der Waals surface area contributed by atoms with Gasteiger partial charge in [0.05, 0.1) is 16.1 Å². The fraction of sp³-hybridized carbons (Fsp3) is 0.435.